The number of nitrogens with zero attached hydrogens (tertiary/aromatic N) is 4. The van der Waals surface area contributed by atoms with Crippen molar-refractivity contribution in [2.75, 3.05) is 31.6 Å². The highest BCUT2D eigenvalue weighted by atomic mass is 32.1. The van der Waals surface area contributed by atoms with Crippen molar-refractivity contribution in [1.82, 2.24) is 19.9 Å². The molecule has 2 aromatic heterocycles. The number of hydrogen-bond donors (Lipinski definition) is 2. The lowest BCUT2D eigenvalue weighted by Gasteiger charge is -2.26. The van der Waals surface area contributed by atoms with Gasteiger partial charge < -0.3 is 20.5 Å². The first-order valence-electron chi connectivity index (χ1n) is 13.0. The smallest absolute Gasteiger partial charge is 0.277 e. The van der Waals surface area contributed by atoms with Crippen LogP contribution in [-0.2, 0) is 6.54 Å². The number of primary amides is 1. The number of rotatable bonds is 10. The Morgan fingerprint density at radius 2 is 1.79 bits per heavy atom. The van der Waals surface area contributed by atoms with Crippen molar-refractivity contribution in [3.05, 3.63) is 52.6 Å². The van der Waals surface area contributed by atoms with E-state index >= 15 is 0 Å². The van der Waals surface area contributed by atoms with E-state index in [2.05, 4.69) is 15.2 Å². The maximum absolute atomic E-state index is 11.5. The van der Waals surface area contributed by atoms with E-state index in [1.54, 1.807) is 0 Å². The Balaban J connectivity index is 1.54. The van der Waals surface area contributed by atoms with Crippen LogP contribution in [-0.4, -0.2) is 52.1 Å². The molecule has 9 nitrogen and oxygen atoms in total. The Morgan fingerprint density at radius 3 is 2.50 bits per heavy atom. The number of nitrogens with one attached hydrogen (secondary N) is 1. The van der Waals surface area contributed by atoms with Crippen LogP contribution in [0.15, 0.2) is 41.8 Å². The number of benzene rings is 2. The average Bonchev–Trinajstić information content (AvgIpc) is 3.42. The minimum Gasteiger partial charge on any atom is -0.490 e. The summed E-state index contributed by atoms with van der Waals surface area (Å²) in [7, 11) is 0. The van der Waals surface area contributed by atoms with Crippen molar-refractivity contribution in [2.45, 2.75) is 39.7 Å². The first kappa shape index (κ1) is 25.9. The van der Waals surface area contributed by atoms with Gasteiger partial charge in [0.05, 0.1) is 31.0 Å². The molecular weight excluding hydrogens is 500 g/mol. The predicted molar refractivity (Wildman–Crippen MR) is 150 cm³/mol. The van der Waals surface area contributed by atoms with E-state index in [1.165, 1.54) is 30.6 Å². The molecule has 0 atom stereocenters. The normalized spacial score (nSPS) is 13.9. The molecule has 1 aliphatic heterocycles. The third-order valence-corrected chi connectivity index (χ3v) is 7.21. The van der Waals surface area contributed by atoms with Crippen molar-refractivity contribution in [1.29, 1.82) is 0 Å². The standard InChI is InChI=1S/C28H32N6O3S/c1-3-36-23-14-20-21(15-24(23)37-4-2)31-25(16-34-11-6-5-7-12-34)33-27(20)30-19-10-8-9-18(13-19)22-17-38-28(32-22)26(29)35/h8-10,13-15,17H,3-7,11-12,16H2,1-2H3,(H2,29,35)(H,30,31,33). The second-order valence-corrected chi connectivity index (χ2v) is 9.97. The molecule has 38 heavy (non-hydrogen) atoms. The van der Waals surface area contributed by atoms with E-state index < -0.39 is 5.91 Å². The minimum atomic E-state index is -0.527. The Kier molecular flexibility index (Phi) is 8.00. The van der Waals surface area contributed by atoms with E-state index in [1.807, 2.05) is 55.6 Å². The molecule has 3 N–H and O–H groups in total. The van der Waals surface area contributed by atoms with Crippen molar-refractivity contribution in [2.24, 2.45) is 5.73 Å². The number of nitrogens with two attached hydrogens (primary N) is 1. The largest absolute Gasteiger partial charge is 0.490 e. The highest BCUT2D eigenvalue weighted by Gasteiger charge is 2.18. The topological polar surface area (TPSA) is 115 Å². The molecule has 3 heterocycles. The first-order valence-corrected chi connectivity index (χ1v) is 13.9. The number of carbonyl (C=O) groups excluding carboxylic acids is 1. The summed E-state index contributed by atoms with van der Waals surface area (Å²) in [5.74, 6) is 2.26. The lowest BCUT2D eigenvalue weighted by molar-refractivity contribution is 0.1000. The third-order valence-electron chi connectivity index (χ3n) is 6.36. The fourth-order valence-corrected chi connectivity index (χ4v) is 5.30. The number of hydrogen-bond acceptors (Lipinski definition) is 9. The van der Waals surface area contributed by atoms with Crippen LogP contribution in [0.4, 0.5) is 11.5 Å². The first-order chi connectivity index (χ1) is 18.5. The van der Waals surface area contributed by atoms with E-state index in [9.17, 15) is 4.79 Å². The lowest BCUT2D eigenvalue weighted by Crippen LogP contribution is -2.30. The van der Waals surface area contributed by atoms with Crippen LogP contribution in [0, 0.1) is 0 Å². The summed E-state index contributed by atoms with van der Waals surface area (Å²) >= 11 is 1.24. The molecule has 1 amide bonds. The van der Waals surface area contributed by atoms with E-state index in [-0.39, 0.29) is 5.01 Å². The zero-order valence-electron chi connectivity index (χ0n) is 21.7. The summed E-state index contributed by atoms with van der Waals surface area (Å²) in [6.07, 6.45) is 3.67. The highest BCUT2D eigenvalue weighted by Crippen LogP contribution is 2.36. The fourth-order valence-electron chi connectivity index (χ4n) is 4.62. The van der Waals surface area contributed by atoms with Crippen LogP contribution in [0.3, 0.4) is 0 Å². The molecule has 0 aliphatic carbocycles. The van der Waals surface area contributed by atoms with Gasteiger partial charge in [-0.15, -0.1) is 11.3 Å². The van der Waals surface area contributed by atoms with Gasteiger partial charge in [-0.25, -0.2) is 15.0 Å². The number of anilines is 2. The molecule has 0 bridgehead atoms. The third kappa shape index (κ3) is 5.87. The number of thiazole rings is 1. The zero-order valence-corrected chi connectivity index (χ0v) is 22.5. The van der Waals surface area contributed by atoms with Gasteiger partial charge in [0.15, 0.2) is 16.5 Å². The highest BCUT2D eigenvalue weighted by molar-refractivity contribution is 7.12. The fraction of sp³-hybridized carbons (Fsp3) is 0.357. The Hall–Kier alpha value is -3.76. The molecule has 1 saturated heterocycles. The number of aromatic nitrogens is 3. The van der Waals surface area contributed by atoms with Crippen LogP contribution >= 0.6 is 11.3 Å². The molecule has 198 valence electrons. The number of ether oxygens (including phenoxy) is 2. The monoisotopic (exact) mass is 532 g/mol. The number of carbonyl (C=O) groups is 1. The Morgan fingerprint density at radius 1 is 1.03 bits per heavy atom. The minimum absolute atomic E-state index is 0.288. The number of amides is 1. The summed E-state index contributed by atoms with van der Waals surface area (Å²) in [5, 5.41) is 6.47. The van der Waals surface area contributed by atoms with E-state index in [0.717, 1.165) is 41.1 Å². The molecule has 2 aromatic carbocycles. The quantitative estimate of drug-likeness (QED) is 0.280. The number of piperidine rings is 1. The van der Waals surface area contributed by atoms with Crippen molar-refractivity contribution in [3.8, 4) is 22.8 Å². The zero-order chi connectivity index (χ0) is 26.5. The van der Waals surface area contributed by atoms with Crippen LogP contribution in [0.2, 0.25) is 0 Å². The molecule has 0 unspecified atom stereocenters. The van der Waals surface area contributed by atoms with E-state index in [0.29, 0.717) is 42.8 Å². The van der Waals surface area contributed by atoms with Crippen molar-refractivity contribution in [3.63, 3.8) is 0 Å². The second-order valence-electron chi connectivity index (χ2n) is 9.12. The van der Waals surface area contributed by atoms with E-state index in [4.69, 9.17) is 25.2 Å². The SMILES string of the molecule is CCOc1cc2nc(CN3CCCCC3)nc(Nc3cccc(-c4csc(C(N)=O)n4)c3)c2cc1OCC. The molecule has 5 rings (SSSR count). The van der Waals surface area contributed by atoms with Crippen LogP contribution < -0.4 is 20.5 Å². The van der Waals surface area contributed by atoms with Crippen molar-refractivity contribution < 1.29 is 14.3 Å². The van der Waals surface area contributed by atoms with Crippen LogP contribution in [0.5, 0.6) is 11.5 Å². The van der Waals surface area contributed by atoms with Crippen LogP contribution in [0.25, 0.3) is 22.2 Å². The number of likely N-dealkylation sites (tertiary alicyclic amines) is 1. The summed E-state index contributed by atoms with van der Waals surface area (Å²) in [5.41, 5.74) is 8.60. The van der Waals surface area contributed by atoms with Crippen molar-refractivity contribution >= 4 is 39.7 Å². The van der Waals surface area contributed by atoms with Crippen LogP contribution in [0.1, 0.15) is 48.7 Å². The van der Waals surface area contributed by atoms with Gasteiger partial charge in [-0.3, -0.25) is 9.69 Å². The Labute approximate surface area is 226 Å². The molecule has 10 heteroatoms. The average molecular weight is 533 g/mol. The maximum atomic E-state index is 11.5. The molecular formula is C28H32N6O3S. The van der Waals surface area contributed by atoms with Gasteiger partial charge in [-0.1, -0.05) is 18.6 Å². The molecule has 4 aromatic rings. The summed E-state index contributed by atoms with van der Waals surface area (Å²) in [4.78, 5) is 28.2. The molecule has 0 spiro atoms. The molecule has 0 radical (unpaired) electrons. The second kappa shape index (κ2) is 11.7. The van der Waals surface area contributed by atoms with Gasteiger partial charge >= 0.3 is 0 Å². The predicted octanol–water partition coefficient (Wildman–Crippen LogP) is 5.38. The van der Waals surface area contributed by atoms with Gasteiger partial charge in [-0.2, -0.15) is 0 Å². The summed E-state index contributed by atoms with van der Waals surface area (Å²) < 4.78 is 11.8. The van der Waals surface area contributed by atoms with Gasteiger partial charge in [0.2, 0.25) is 0 Å². The molecule has 1 aliphatic rings. The van der Waals surface area contributed by atoms with Gasteiger partial charge in [-0.05, 0) is 58.0 Å². The van der Waals surface area contributed by atoms with Gasteiger partial charge in [0, 0.05) is 28.1 Å². The van der Waals surface area contributed by atoms with Gasteiger partial charge in [0.1, 0.15) is 11.6 Å². The number of fused-ring (bicyclic) bond motifs is 1. The maximum Gasteiger partial charge on any atom is 0.277 e. The molecule has 1 fully saturated rings. The Bertz CT molecular complexity index is 1430. The summed E-state index contributed by atoms with van der Waals surface area (Å²) in [6.45, 7) is 7.76. The lowest BCUT2D eigenvalue weighted by atomic mass is 10.1. The summed E-state index contributed by atoms with van der Waals surface area (Å²) in [6, 6.07) is 11.7. The molecule has 0 saturated carbocycles. The van der Waals surface area contributed by atoms with Gasteiger partial charge in [0.25, 0.3) is 5.91 Å².